The van der Waals surface area contributed by atoms with E-state index in [4.69, 9.17) is 16.9 Å². The van der Waals surface area contributed by atoms with Crippen molar-refractivity contribution in [3.8, 4) is 6.07 Å². The minimum Gasteiger partial charge on any atom is -0.383 e. The van der Waals surface area contributed by atoms with E-state index in [0.29, 0.717) is 23.7 Å². The van der Waals surface area contributed by atoms with Gasteiger partial charge in [-0.05, 0) is 30.3 Å². The average molecular weight is 318 g/mol. The van der Waals surface area contributed by atoms with Gasteiger partial charge in [0.05, 0.1) is 16.1 Å². The monoisotopic (exact) mass is 317 g/mol. The van der Waals surface area contributed by atoms with Crippen molar-refractivity contribution < 1.29 is 9.18 Å². The Morgan fingerprint density at radius 1 is 1.23 bits per heavy atom. The smallest absolute Gasteiger partial charge is 0.254 e. The highest BCUT2D eigenvalue weighted by molar-refractivity contribution is 6.32. The number of carbonyl (C=O) groups is 1. The molecule has 0 aliphatic heterocycles. The zero-order chi connectivity index (χ0) is 15.9. The van der Waals surface area contributed by atoms with Crippen LogP contribution in [0.15, 0.2) is 42.5 Å². The number of hydrogen-bond donors (Lipinski definition) is 2. The molecule has 2 aromatic rings. The van der Waals surface area contributed by atoms with Crippen LogP contribution in [0.3, 0.4) is 0 Å². The van der Waals surface area contributed by atoms with E-state index in [1.807, 2.05) is 6.07 Å². The number of nitrogens with zero attached hydrogens (tertiary/aromatic N) is 1. The topological polar surface area (TPSA) is 64.9 Å². The fourth-order valence-electron chi connectivity index (χ4n) is 1.84. The number of anilines is 1. The first kappa shape index (κ1) is 15.8. The van der Waals surface area contributed by atoms with Gasteiger partial charge in [0.15, 0.2) is 0 Å². The normalized spacial score (nSPS) is 9.86. The van der Waals surface area contributed by atoms with Gasteiger partial charge in [0.1, 0.15) is 11.9 Å². The van der Waals surface area contributed by atoms with Crippen molar-refractivity contribution >= 4 is 23.2 Å². The average Bonchev–Trinajstić information content (AvgIpc) is 2.52. The summed E-state index contributed by atoms with van der Waals surface area (Å²) in [5.74, 6) is -1.01. The van der Waals surface area contributed by atoms with Gasteiger partial charge in [-0.15, -0.1) is 0 Å². The molecule has 0 radical (unpaired) electrons. The van der Waals surface area contributed by atoms with E-state index in [1.165, 1.54) is 18.2 Å². The predicted octanol–water partition coefficient (Wildman–Crippen LogP) is 3.19. The van der Waals surface area contributed by atoms with Gasteiger partial charge in [-0.3, -0.25) is 4.79 Å². The quantitative estimate of drug-likeness (QED) is 0.832. The van der Waals surface area contributed by atoms with Crippen LogP contribution in [-0.4, -0.2) is 19.0 Å². The Morgan fingerprint density at radius 2 is 2.00 bits per heavy atom. The van der Waals surface area contributed by atoms with Crippen molar-refractivity contribution in [3.05, 3.63) is 64.4 Å². The van der Waals surface area contributed by atoms with Crippen LogP contribution in [0.4, 0.5) is 10.1 Å². The number of carbonyl (C=O) groups excluding carboxylic acids is 1. The number of amides is 1. The fourth-order valence-corrected chi connectivity index (χ4v) is 2.06. The molecule has 0 aromatic heterocycles. The van der Waals surface area contributed by atoms with Gasteiger partial charge in [-0.2, -0.15) is 5.26 Å². The molecule has 2 N–H and O–H groups in total. The van der Waals surface area contributed by atoms with Crippen LogP contribution in [0.25, 0.3) is 0 Å². The first-order valence-corrected chi connectivity index (χ1v) is 6.96. The standard InChI is InChI=1S/C16H13ClFN3O/c17-14-9-12(6-5-11(14)10-19)20-7-8-21-16(22)13-3-1-2-4-15(13)18/h1-6,9,20H,7-8H2,(H,21,22). The molecule has 0 saturated heterocycles. The molecule has 4 nitrogen and oxygen atoms in total. The summed E-state index contributed by atoms with van der Waals surface area (Å²) in [4.78, 5) is 11.8. The summed E-state index contributed by atoms with van der Waals surface area (Å²) >= 11 is 5.92. The lowest BCUT2D eigenvalue weighted by molar-refractivity contribution is 0.0951. The van der Waals surface area contributed by atoms with Crippen molar-refractivity contribution in [2.24, 2.45) is 0 Å². The lowest BCUT2D eigenvalue weighted by atomic mass is 10.2. The molecule has 0 saturated carbocycles. The minimum atomic E-state index is -0.549. The summed E-state index contributed by atoms with van der Waals surface area (Å²) in [6, 6.07) is 12.8. The van der Waals surface area contributed by atoms with Gasteiger partial charge < -0.3 is 10.6 Å². The SMILES string of the molecule is N#Cc1ccc(NCCNC(=O)c2ccccc2F)cc1Cl. The molecular weight excluding hydrogens is 305 g/mol. The van der Waals surface area contributed by atoms with Crippen molar-refractivity contribution in [2.75, 3.05) is 18.4 Å². The molecule has 0 bridgehead atoms. The molecule has 2 aromatic carbocycles. The lowest BCUT2D eigenvalue weighted by Gasteiger charge is -2.09. The molecule has 0 aliphatic carbocycles. The Morgan fingerprint density at radius 3 is 2.68 bits per heavy atom. The Balaban J connectivity index is 1.83. The molecule has 6 heteroatoms. The van der Waals surface area contributed by atoms with E-state index in [0.717, 1.165) is 5.69 Å². The third kappa shape index (κ3) is 3.96. The first-order valence-electron chi connectivity index (χ1n) is 6.58. The zero-order valence-corrected chi connectivity index (χ0v) is 12.3. The second-order valence-electron chi connectivity index (χ2n) is 4.47. The van der Waals surface area contributed by atoms with Crippen LogP contribution in [0.1, 0.15) is 15.9 Å². The Kier molecular flexibility index (Phi) is 5.34. The van der Waals surface area contributed by atoms with Gasteiger partial charge in [0.2, 0.25) is 0 Å². The molecule has 112 valence electrons. The van der Waals surface area contributed by atoms with E-state index >= 15 is 0 Å². The highest BCUT2D eigenvalue weighted by Gasteiger charge is 2.09. The molecule has 22 heavy (non-hydrogen) atoms. The fraction of sp³-hybridized carbons (Fsp3) is 0.125. The molecule has 0 atom stereocenters. The highest BCUT2D eigenvalue weighted by Crippen LogP contribution is 2.19. The summed E-state index contributed by atoms with van der Waals surface area (Å²) in [7, 11) is 0. The van der Waals surface area contributed by atoms with Crippen molar-refractivity contribution in [1.82, 2.24) is 5.32 Å². The van der Waals surface area contributed by atoms with Gasteiger partial charge in [-0.1, -0.05) is 23.7 Å². The molecule has 2 rings (SSSR count). The zero-order valence-electron chi connectivity index (χ0n) is 11.6. The molecule has 0 unspecified atom stereocenters. The Bertz CT molecular complexity index is 728. The van der Waals surface area contributed by atoms with E-state index in [1.54, 1.807) is 24.3 Å². The summed E-state index contributed by atoms with van der Waals surface area (Å²) in [6.07, 6.45) is 0. The van der Waals surface area contributed by atoms with Crippen LogP contribution in [0.2, 0.25) is 5.02 Å². The number of nitriles is 1. The van der Waals surface area contributed by atoms with Gasteiger partial charge in [0, 0.05) is 18.8 Å². The Labute approximate surface area is 132 Å². The third-order valence-electron chi connectivity index (χ3n) is 2.95. The third-order valence-corrected chi connectivity index (χ3v) is 3.26. The lowest BCUT2D eigenvalue weighted by Crippen LogP contribution is -2.29. The maximum atomic E-state index is 13.4. The molecule has 1 amide bonds. The van der Waals surface area contributed by atoms with E-state index in [9.17, 15) is 9.18 Å². The van der Waals surface area contributed by atoms with E-state index < -0.39 is 11.7 Å². The van der Waals surface area contributed by atoms with Crippen LogP contribution in [0.5, 0.6) is 0 Å². The van der Waals surface area contributed by atoms with Crippen molar-refractivity contribution in [1.29, 1.82) is 5.26 Å². The van der Waals surface area contributed by atoms with Crippen molar-refractivity contribution in [3.63, 3.8) is 0 Å². The van der Waals surface area contributed by atoms with E-state index in [2.05, 4.69) is 10.6 Å². The Hall–Kier alpha value is -2.58. The van der Waals surface area contributed by atoms with E-state index in [-0.39, 0.29) is 5.56 Å². The molecular formula is C16H13ClFN3O. The molecule has 0 heterocycles. The maximum absolute atomic E-state index is 13.4. The number of nitrogens with one attached hydrogen (secondary N) is 2. The predicted molar refractivity (Wildman–Crippen MR) is 83.4 cm³/mol. The number of rotatable bonds is 5. The summed E-state index contributed by atoms with van der Waals surface area (Å²) in [5, 5.41) is 14.8. The van der Waals surface area contributed by atoms with Crippen LogP contribution < -0.4 is 10.6 Å². The summed E-state index contributed by atoms with van der Waals surface area (Å²) in [6.45, 7) is 0.771. The second-order valence-corrected chi connectivity index (χ2v) is 4.88. The molecule has 0 fully saturated rings. The number of hydrogen-bond acceptors (Lipinski definition) is 3. The first-order chi connectivity index (χ1) is 10.6. The number of benzene rings is 2. The van der Waals surface area contributed by atoms with Crippen LogP contribution in [-0.2, 0) is 0 Å². The van der Waals surface area contributed by atoms with Crippen LogP contribution in [0, 0.1) is 17.1 Å². The van der Waals surface area contributed by atoms with Gasteiger partial charge in [-0.25, -0.2) is 4.39 Å². The second kappa shape index (κ2) is 7.43. The maximum Gasteiger partial charge on any atom is 0.254 e. The molecule has 0 aliphatic rings. The summed E-state index contributed by atoms with van der Waals surface area (Å²) < 4.78 is 13.4. The molecule has 0 spiro atoms. The van der Waals surface area contributed by atoms with Gasteiger partial charge >= 0.3 is 0 Å². The highest BCUT2D eigenvalue weighted by atomic mass is 35.5. The van der Waals surface area contributed by atoms with Crippen molar-refractivity contribution in [2.45, 2.75) is 0 Å². The minimum absolute atomic E-state index is 0.0175. The summed E-state index contributed by atoms with van der Waals surface area (Å²) in [5.41, 5.74) is 1.16. The van der Waals surface area contributed by atoms with Crippen LogP contribution >= 0.6 is 11.6 Å². The van der Waals surface area contributed by atoms with Gasteiger partial charge in [0.25, 0.3) is 5.91 Å². The number of halogens is 2. The largest absolute Gasteiger partial charge is 0.383 e.